The van der Waals surface area contributed by atoms with Gasteiger partial charge >= 0.3 is 5.97 Å². The zero-order chi connectivity index (χ0) is 20.7. The first-order chi connectivity index (χ1) is 13.3. The largest absolute Gasteiger partial charge is 0.478 e. The number of carbonyl (C=O) groups is 4. The van der Waals surface area contributed by atoms with E-state index >= 15 is 0 Å². The molecule has 2 aromatic rings. The Morgan fingerprint density at radius 2 is 1.43 bits per heavy atom. The first-order valence-corrected chi connectivity index (χ1v) is 8.61. The minimum Gasteiger partial charge on any atom is -0.478 e. The van der Waals surface area contributed by atoms with Crippen molar-refractivity contribution in [1.29, 1.82) is 0 Å². The molecule has 2 aromatic carbocycles. The van der Waals surface area contributed by atoms with Crippen LogP contribution in [0.5, 0.6) is 0 Å². The average molecular weight is 383 g/mol. The fraction of sp³-hybridized carbons (Fsp3) is 0.200. The van der Waals surface area contributed by atoms with Crippen LogP contribution in [0.3, 0.4) is 0 Å². The van der Waals surface area contributed by atoms with Gasteiger partial charge < -0.3 is 10.4 Å². The summed E-state index contributed by atoms with van der Waals surface area (Å²) in [5, 5.41) is 11.8. The van der Waals surface area contributed by atoms with Crippen molar-refractivity contribution >= 4 is 29.4 Å². The second-order valence-electron chi connectivity index (χ2n) is 6.48. The van der Waals surface area contributed by atoms with Crippen LogP contribution in [-0.4, -0.2) is 28.8 Å². The molecule has 0 unspecified atom stereocenters. The number of hydrogen-bond acceptors (Lipinski definition) is 4. The van der Waals surface area contributed by atoms with Crippen molar-refractivity contribution in [3.63, 3.8) is 0 Å². The Morgan fingerprint density at radius 1 is 0.857 bits per heavy atom. The molecular formula is C20H21N3O5. The summed E-state index contributed by atoms with van der Waals surface area (Å²) in [6.07, 6.45) is 0.395. The molecule has 0 heterocycles. The monoisotopic (exact) mass is 383 g/mol. The van der Waals surface area contributed by atoms with E-state index in [1.807, 2.05) is 13.8 Å². The number of carbonyl (C=O) groups excluding carboxylic acids is 3. The van der Waals surface area contributed by atoms with Crippen molar-refractivity contribution in [3.05, 3.63) is 65.2 Å². The van der Waals surface area contributed by atoms with E-state index in [2.05, 4.69) is 16.2 Å². The highest BCUT2D eigenvalue weighted by Gasteiger charge is 2.16. The second kappa shape index (κ2) is 9.31. The molecule has 8 heteroatoms. The van der Waals surface area contributed by atoms with E-state index in [0.29, 0.717) is 12.1 Å². The highest BCUT2D eigenvalue weighted by Crippen LogP contribution is 2.12. The van der Waals surface area contributed by atoms with E-state index in [4.69, 9.17) is 5.11 Å². The van der Waals surface area contributed by atoms with Crippen LogP contribution < -0.4 is 16.2 Å². The van der Waals surface area contributed by atoms with Crippen molar-refractivity contribution in [3.8, 4) is 0 Å². The molecule has 8 nitrogen and oxygen atoms in total. The van der Waals surface area contributed by atoms with Gasteiger partial charge in [-0.3, -0.25) is 25.2 Å². The van der Waals surface area contributed by atoms with Gasteiger partial charge in [-0.1, -0.05) is 26.0 Å². The van der Waals surface area contributed by atoms with Gasteiger partial charge in [-0.2, -0.15) is 0 Å². The van der Waals surface area contributed by atoms with Gasteiger partial charge in [-0.05, 0) is 42.3 Å². The normalized spacial score (nSPS) is 10.2. The number of hydrogen-bond donors (Lipinski definition) is 4. The lowest BCUT2D eigenvalue weighted by atomic mass is 10.1. The Labute approximate surface area is 161 Å². The molecule has 0 saturated carbocycles. The fourth-order valence-electron chi connectivity index (χ4n) is 2.41. The lowest BCUT2D eigenvalue weighted by Gasteiger charge is -2.10. The number of carboxylic acid groups (broad SMARTS) is 1. The number of benzene rings is 2. The quantitative estimate of drug-likeness (QED) is 0.570. The summed E-state index contributed by atoms with van der Waals surface area (Å²) in [5.74, 6) is -2.45. The Hall–Kier alpha value is -3.68. The first-order valence-electron chi connectivity index (χ1n) is 8.61. The van der Waals surface area contributed by atoms with Gasteiger partial charge in [0.05, 0.1) is 11.1 Å². The van der Waals surface area contributed by atoms with Crippen molar-refractivity contribution in [2.75, 3.05) is 5.32 Å². The zero-order valence-corrected chi connectivity index (χ0v) is 15.5. The summed E-state index contributed by atoms with van der Waals surface area (Å²) >= 11 is 0. The van der Waals surface area contributed by atoms with Crippen molar-refractivity contribution in [2.24, 2.45) is 5.92 Å². The smallest absolute Gasteiger partial charge is 0.336 e. The summed E-state index contributed by atoms with van der Waals surface area (Å²) in [6, 6.07) is 11.8. The molecule has 0 bridgehead atoms. The molecule has 146 valence electrons. The third-order valence-corrected chi connectivity index (χ3v) is 3.72. The van der Waals surface area contributed by atoms with Gasteiger partial charge in [0.2, 0.25) is 5.91 Å². The maximum Gasteiger partial charge on any atom is 0.336 e. The van der Waals surface area contributed by atoms with E-state index in [0.717, 1.165) is 0 Å². The number of aromatic carboxylic acids is 1. The minimum atomic E-state index is -1.24. The number of anilines is 1. The molecule has 0 aromatic heterocycles. The van der Waals surface area contributed by atoms with Crippen LogP contribution in [0.15, 0.2) is 48.5 Å². The molecule has 0 spiro atoms. The van der Waals surface area contributed by atoms with E-state index < -0.39 is 17.8 Å². The molecule has 4 N–H and O–H groups in total. The van der Waals surface area contributed by atoms with Crippen molar-refractivity contribution < 1.29 is 24.3 Å². The highest BCUT2D eigenvalue weighted by atomic mass is 16.4. The molecule has 0 aliphatic heterocycles. The molecule has 0 fully saturated rings. The van der Waals surface area contributed by atoms with Gasteiger partial charge in [0.1, 0.15) is 0 Å². The summed E-state index contributed by atoms with van der Waals surface area (Å²) in [4.78, 5) is 47.2. The van der Waals surface area contributed by atoms with Gasteiger partial charge in [0.25, 0.3) is 11.8 Å². The van der Waals surface area contributed by atoms with Crippen molar-refractivity contribution in [1.82, 2.24) is 10.9 Å². The van der Waals surface area contributed by atoms with E-state index in [1.54, 1.807) is 12.1 Å². The van der Waals surface area contributed by atoms with Crippen LogP contribution in [0.1, 0.15) is 51.3 Å². The van der Waals surface area contributed by atoms with Gasteiger partial charge in [0, 0.05) is 17.7 Å². The van der Waals surface area contributed by atoms with Crippen LogP contribution in [0, 0.1) is 5.92 Å². The van der Waals surface area contributed by atoms with Gasteiger partial charge in [-0.15, -0.1) is 0 Å². The lowest BCUT2D eigenvalue weighted by Crippen LogP contribution is -2.42. The molecule has 28 heavy (non-hydrogen) atoms. The number of nitrogens with one attached hydrogen (secondary N) is 3. The lowest BCUT2D eigenvalue weighted by molar-refractivity contribution is -0.116. The van der Waals surface area contributed by atoms with Crippen LogP contribution in [0.25, 0.3) is 0 Å². The topological polar surface area (TPSA) is 125 Å². The Balaban J connectivity index is 1.95. The molecule has 2 rings (SSSR count). The second-order valence-corrected chi connectivity index (χ2v) is 6.48. The van der Waals surface area contributed by atoms with Gasteiger partial charge in [-0.25, -0.2) is 4.79 Å². The highest BCUT2D eigenvalue weighted by molar-refractivity contribution is 6.06. The summed E-state index contributed by atoms with van der Waals surface area (Å²) in [7, 11) is 0. The summed E-state index contributed by atoms with van der Waals surface area (Å²) in [6.45, 7) is 3.88. The molecule has 3 amide bonds. The molecule has 0 saturated heterocycles. The minimum absolute atomic E-state index is 0.0708. The predicted octanol–water partition coefficient (Wildman–Crippen LogP) is 2.44. The number of rotatable bonds is 6. The third-order valence-electron chi connectivity index (χ3n) is 3.72. The van der Waals surface area contributed by atoms with Crippen LogP contribution in [0.4, 0.5) is 5.69 Å². The number of hydrazine groups is 1. The predicted molar refractivity (Wildman–Crippen MR) is 103 cm³/mol. The first kappa shape index (κ1) is 20.6. The number of amides is 3. The third kappa shape index (κ3) is 5.66. The Kier molecular flexibility index (Phi) is 6.86. The van der Waals surface area contributed by atoms with Crippen LogP contribution in [0.2, 0.25) is 0 Å². The average Bonchev–Trinajstić information content (AvgIpc) is 2.65. The van der Waals surface area contributed by atoms with E-state index in [-0.39, 0.29) is 28.5 Å². The Morgan fingerprint density at radius 3 is 2.00 bits per heavy atom. The zero-order valence-electron chi connectivity index (χ0n) is 15.5. The van der Waals surface area contributed by atoms with Gasteiger partial charge in [0.15, 0.2) is 0 Å². The SMILES string of the molecule is CC(C)CC(=O)Nc1ccc(C(=O)NNC(=O)c2ccccc2C(=O)O)cc1. The van der Waals surface area contributed by atoms with E-state index in [9.17, 15) is 19.2 Å². The maximum absolute atomic E-state index is 12.1. The number of carboxylic acids is 1. The summed E-state index contributed by atoms with van der Waals surface area (Å²) in [5.41, 5.74) is 4.99. The summed E-state index contributed by atoms with van der Waals surface area (Å²) < 4.78 is 0. The van der Waals surface area contributed by atoms with E-state index in [1.165, 1.54) is 36.4 Å². The van der Waals surface area contributed by atoms with Crippen LogP contribution in [-0.2, 0) is 4.79 Å². The Bertz CT molecular complexity index is 891. The fourth-order valence-corrected chi connectivity index (χ4v) is 2.41. The molecule has 0 aliphatic rings. The van der Waals surface area contributed by atoms with Crippen LogP contribution >= 0.6 is 0 Å². The molecule has 0 radical (unpaired) electrons. The van der Waals surface area contributed by atoms with Crippen molar-refractivity contribution in [2.45, 2.75) is 20.3 Å². The molecule has 0 aliphatic carbocycles. The maximum atomic E-state index is 12.1. The molecular weight excluding hydrogens is 362 g/mol. The molecule has 0 atom stereocenters. The standard InChI is InChI=1S/C20H21N3O5/c1-12(2)11-17(24)21-14-9-7-13(8-10-14)18(25)22-23-19(26)15-5-3-4-6-16(15)20(27)28/h3-10,12H,11H2,1-2H3,(H,21,24)(H,22,25)(H,23,26)(H,27,28).